The standard InChI is InChI=1S/C18H26FNO3/c1-18(2,3)23-17(22)20-10-9-14(19)11-15(20)12-16(21)13-7-5-4-6-8-13/h4-8,14-16,21H,9-12H2,1-3H3/t14-,15-,16+/m0/s1. The van der Waals surface area contributed by atoms with Crippen LogP contribution in [0.1, 0.15) is 51.7 Å². The van der Waals surface area contributed by atoms with Gasteiger partial charge in [-0.2, -0.15) is 0 Å². The summed E-state index contributed by atoms with van der Waals surface area (Å²) in [5.41, 5.74) is 0.185. The minimum absolute atomic E-state index is 0.239. The molecule has 0 spiro atoms. The van der Waals surface area contributed by atoms with Crippen LogP contribution in [-0.4, -0.2) is 40.5 Å². The van der Waals surface area contributed by atoms with Crippen LogP contribution in [0, 0.1) is 0 Å². The number of benzene rings is 1. The minimum Gasteiger partial charge on any atom is -0.444 e. The highest BCUT2D eigenvalue weighted by Crippen LogP contribution is 2.29. The molecule has 1 saturated heterocycles. The summed E-state index contributed by atoms with van der Waals surface area (Å²) in [6.45, 7) is 5.74. The van der Waals surface area contributed by atoms with Crippen LogP contribution in [0.3, 0.4) is 0 Å². The summed E-state index contributed by atoms with van der Waals surface area (Å²) in [4.78, 5) is 13.9. The molecule has 1 fully saturated rings. The molecule has 23 heavy (non-hydrogen) atoms. The van der Waals surface area contributed by atoms with Gasteiger partial charge in [0.1, 0.15) is 11.8 Å². The van der Waals surface area contributed by atoms with E-state index in [0.717, 1.165) is 5.56 Å². The van der Waals surface area contributed by atoms with E-state index in [-0.39, 0.29) is 12.5 Å². The van der Waals surface area contributed by atoms with E-state index < -0.39 is 24.0 Å². The van der Waals surface area contributed by atoms with Crippen LogP contribution in [0.2, 0.25) is 0 Å². The molecule has 0 bridgehead atoms. The Labute approximate surface area is 137 Å². The third-order valence-corrected chi connectivity index (χ3v) is 3.96. The molecule has 1 aliphatic rings. The molecule has 4 nitrogen and oxygen atoms in total. The summed E-state index contributed by atoms with van der Waals surface area (Å²) in [5.74, 6) is 0. The lowest BCUT2D eigenvalue weighted by atomic mass is 9.93. The molecule has 1 aromatic rings. The zero-order valence-corrected chi connectivity index (χ0v) is 14.0. The zero-order chi connectivity index (χ0) is 17.0. The first-order valence-electron chi connectivity index (χ1n) is 8.13. The molecular weight excluding hydrogens is 297 g/mol. The van der Waals surface area contributed by atoms with Gasteiger partial charge in [-0.15, -0.1) is 0 Å². The van der Waals surface area contributed by atoms with E-state index in [0.29, 0.717) is 19.4 Å². The number of hydrogen-bond donors (Lipinski definition) is 1. The van der Waals surface area contributed by atoms with Crippen molar-refractivity contribution in [3.05, 3.63) is 35.9 Å². The second-order valence-electron chi connectivity index (χ2n) is 7.11. The van der Waals surface area contributed by atoms with Gasteiger partial charge in [0.2, 0.25) is 0 Å². The highest BCUT2D eigenvalue weighted by Gasteiger charge is 2.35. The van der Waals surface area contributed by atoms with E-state index in [1.165, 1.54) is 0 Å². The second-order valence-corrected chi connectivity index (χ2v) is 7.11. The molecule has 0 aliphatic carbocycles. The summed E-state index contributed by atoms with van der Waals surface area (Å²) in [7, 11) is 0. The van der Waals surface area contributed by atoms with Crippen LogP contribution < -0.4 is 0 Å². The van der Waals surface area contributed by atoms with Gasteiger partial charge >= 0.3 is 6.09 Å². The maximum absolute atomic E-state index is 13.8. The molecule has 1 heterocycles. The molecule has 0 saturated carbocycles. The van der Waals surface area contributed by atoms with Crippen molar-refractivity contribution in [3.8, 4) is 0 Å². The van der Waals surface area contributed by atoms with Gasteiger partial charge < -0.3 is 14.7 Å². The first kappa shape index (κ1) is 17.7. The van der Waals surface area contributed by atoms with Crippen LogP contribution in [0.25, 0.3) is 0 Å². The molecule has 128 valence electrons. The smallest absolute Gasteiger partial charge is 0.410 e. The molecular formula is C18H26FNO3. The molecule has 0 radical (unpaired) electrons. The van der Waals surface area contributed by atoms with Gasteiger partial charge in [-0.05, 0) is 45.6 Å². The fourth-order valence-electron chi connectivity index (χ4n) is 2.86. The van der Waals surface area contributed by atoms with E-state index in [1.54, 1.807) is 25.7 Å². The first-order valence-corrected chi connectivity index (χ1v) is 8.13. The van der Waals surface area contributed by atoms with Crippen molar-refractivity contribution < 1.29 is 19.0 Å². The van der Waals surface area contributed by atoms with Crippen LogP contribution in [0.5, 0.6) is 0 Å². The predicted octanol–water partition coefficient (Wildman–Crippen LogP) is 3.85. The number of ether oxygens (including phenoxy) is 1. The molecule has 0 aromatic heterocycles. The molecule has 0 unspecified atom stereocenters. The Morgan fingerprint density at radius 2 is 2.04 bits per heavy atom. The van der Waals surface area contributed by atoms with E-state index in [4.69, 9.17) is 4.74 Å². The quantitative estimate of drug-likeness (QED) is 0.919. The van der Waals surface area contributed by atoms with Gasteiger partial charge in [0.05, 0.1) is 6.10 Å². The van der Waals surface area contributed by atoms with Gasteiger partial charge in [-0.1, -0.05) is 30.3 Å². The summed E-state index contributed by atoms with van der Waals surface area (Å²) >= 11 is 0. The molecule has 5 heteroatoms. The van der Waals surface area contributed by atoms with Gasteiger partial charge in [0, 0.05) is 12.6 Å². The Morgan fingerprint density at radius 1 is 1.39 bits per heavy atom. The third kappa shape index (κ3) is 5.20. The average molecular weight is 323 g/mol. The molecule has 1 aliphatic heterocycles. The number of aliphatic hydroxyl groups excluding tert-OH is 1. The number of aliphatic hydroxyl groups is 1. The lowest BCUT2D eigenvalue weighted by molar-refractivity contribution is -0.00666. The van der Waals surface area contributed by atoms with Crippen molar-refractivity contribution in [1.29, 1.82) is 0 Å². The van der Waals surface area contributed by atoms with Crippen molar-refractivity contribution in [2.24, 2.45) is 0 Å². The zero-order valence-electron chi connectivity index (χ0n) is 14.0. The summed E-state index contributed by atoms with van der Waals surface area (Å²) in [5, 5.41) is 10.4. The molecule has 1 N–H and O–H groups in total. The highest BCUT2D eigenvalue weighted by atomic mass is 19.1. The SMILES string of the molecule is CC(C)(C)OC(=O)N1CC[C@H](F)C[C@H]1C[C@@H](O)c1ccccc1. The Morgan fingerprint density at radius 3 is 2.65 bits per heavy atom. The van der Waals surface area contributed by atoms with Crippen molar-refractivity contribution in [3.63, 3.8) is 0 Å². The predicted molar refractivity (Wildman–Crippen MR) is 86.9 cm³/mol. The normalized spacial score (nSPS) is 23.4. The maximum atomic E-state index is 13.8. The lowest BCUT2D eigenvalue weighted by Gasteiger charge is -2.38. The van der Waals surface area contributed by atoms with Crippen molar-refractivity contribution in [2.75, 3.05) is 6.54 Å². The van der Waals surface area contributed by atoms with Crippen molar-refractivity contribution in [1.82, 2.24) is 4.90 Å². The number of rotatable bonds is 3. The highest BCUT2D eigenvalue weighted by molar-refractivity contribution is 5.68. The van der Waals surface area contributed by atoms with E-state index >= 15 is 0 Å². The molecule has 2 rings (SSSR count). The van der Waals surface area contributed by atoms with Crippen LogP contribution in [0.15, 0.2) is 30.3 Å². The second kappa shape index (κ2) is 7.30. The lowest BCUT2D eigenvalue weighted by Crippen LogP contribution is -2.49. The van der Waals surface area contributed by atoms with Gasteiger partial charge in [0.15, 0.2) is 0 Å². The van der Waals surface area contributed by atoms with Gasteiger partial charge in [-0.3, -0.25) is 0 Å². The fraction of sp³-hybridized carbons (Fsp3) is 0.611. The molecule has 3 atom stereocenters. The minimum atomic E-state index is -0.943. The number of piperidine rings is 1. The topological polar surface area (TPSA) is 49.8 Å². The van der Waals surface area contributed by atoms with Gasteiger partial charge in [-0.25, -0.2) is 9.18 Å². The summed E-state index contributed by atoms with van der Waals surface area (Å²) in [6.07, 6.45) is -1.24. The summed E-state index contributed by atoms with van der Waals surface area (Å²) < 4.78 is 19.2. The van der Waals surface area contributed by atoms with Crippen LogP contribution in [0.4, 0.5) is 9.18 Å². The van der Waals surface area contributed by atoms with Crippen LogP contribution in [-0.2, 0) is 4.74 Å². The maximum Gasteiger partial charge on any atom is 0.410 e. The third-order valence-electron chi connectivity index (χ3n) is 3.96. The average Bonchev–Trinajstić information content (AvgIpc) is 2.46. The molecule has 1 amide bonds. The number of amides is 1. The first-order chi connectivity index (χ1) is 10.8. The van der Waals surface area contributed by atoms with E-state index in [9.17, 15) is 14.3 Å². The van der Waals surface area contributed by atoms with E-state index in [2.05, 4.69) is 0 Å². The Hall–Kier alpha value is -1.62. The van der Waals surface area contributed by atoms with Gasteiger partial charge in [0.25, 0.3) is 0 Å². The Balaban J connectivity index is 2.07. The molecule has 1 aromatic carbocycles. The number of nitrogens with zero attached hydrogens (tertiary/aromatic N) is 1. The number of hydrogen-bond acceptors (Lipinski definition) is 3. The number of halogens is 1. The Kier molecular flexibility index (Phi) is 5.63. The monoisotopic (exact) mass is 323 g/mol. The number of carbonyl (C=O) groups excluding carboxylic acids is 1. The van der Waals surface area contributed by atoms with E-state index in [1.807, 2.05) is 30.3 Å². The van der Waals surface area contributed by atoms with Crippen LogP contribution >= 0.6 is 0 Å². The number of alkyl halides is 1. The number of carbonyl (C=O) groups is 1. The number of likely N-dealkylation sites (tertiary alicyclic amines) is 1. The fourth-order valence-corrected chi connectivity index (χ4v) is 2.86. The van der Waals surface area contributed by atoms with Crippen molar-refractivity contribution >= 4 is 6.09 Å². The Bertz CT molecular complexity index is 515. The largest absolute Gasteiger partial charge is 0.444 e. The summed E-state index contributed by atoms with van der Waals surface area (Å²) in [6, 6.07) is 8.88. The van der Waals surface area contributed by atoms with Crippen molar-refractivity contribution in [2.45, 2.75) is 64.0 Å².